The summed E-state index contributed by atoms with van der Waals surface area (Å²) in [5.74, 6) is -0.764. The van der Waals surface area contributed by atoms with Crippen molar-refractivity contribution in [2.45, 2.75) is 38.8 Å². The van der Waals surface area contributed by atoms with Gasteiger partial charge in [0, 0.05) is 12.6 Å². The molecule has 1 fully saturated rings. The number of nitrogens with one attached hydrogen (secondary N) is 1. The van der Waals surface area contributed by atoms with Crippen molar-refractivity contribution in [1.82, 2.24) is 5.32 Å². The van der Waals surface area contributed by atoms with Gasteiger partial charge in [-0.15, -0.1) is 0 Å². The van der Waals surface area contributed by atoms with Gasteiger partial charge in [-0.25, -0.2) is 8.78 Å². The van der Waals surface area contributed by atoms with Crippen LogP contribution in [0.25, 0.3) is 0 Å². The van der Waals surface area contributed by atoms with E-state index in [1.54, 1.807) is 6.07 Å². The second-order valence-corrected chi connectivity index (χ2v) is 4.74. The lowest BCUT2D eigenvalue weighted by molar-refractivity contribution is 0.491. The first kappa shape index (κ1) is 11.5. The molecular weight excluding hydrogens is 208 g/mol. The maximum Gasteiger partial charge on any atom is 0.159 e. The van der Waals surface area contributed by atoms with Crippen LogP contribution < -0.4 is 5.32 Å². The highest BCUT2D eigenvalue weighted by Gasteiger charge is 2.20. The third-order valence-corrected chi connectivity index (χ3v) is 3.27. The van der Waals surface area contributed by atoms with Gasteiger partial charge in [-0.1, -0.05) is 13.0 Å². The van der Waals surface area contributed by atoms with E-state index >= 15 is 0 Å². The number of benzene rings is 1. The second kappa shape index (κ2) is 4.91. The van der Waals surface area contributed by atoms with Gasteiger partial charge in [0.1, 0.15) is 0 Å². The van der Waals surface area contributed by atoms with Gasteiger partial charge in [-0.05, 0) is 42.9 Å². The lowest BCUT2D eigenvalue weighted by atomic mass is 10.1. The quantitative estimate of drug-likeness (QED) is 0.832. The molecule has 0 amide bonds. The fourth-order valence-electron chi connectivity index (χ4n) is 2.30. The number of halogens is 2. The number of rotatable bonds is 3. The van der Waals surface area contributed by atoms with Gasteiger partial charge in [0.25, 0.3) is 0 Å². The van der Waals surface area contributed by atoms with Crippen molar-refractivity contribution in [1.29, 1.82) is 0 Å². The van der Waals surface area contributed by atoms with Gasteiger partial charge in [0.05, 0.1) is 0 Å². The zero-order chi connectivity index (χ0) is 11.5. The molecule has 1 aromatic rings. The first-order valence-electron chi connectivity index (χ1n) is 5.82. The highest BCUT2D eigenvalue weighted by atomic mass is 19.2. The fourth-order valence-corrected chi connectivity index (χ4v) is 2.30. The van der Waals surface area contributed by atoms with Crippen LogP contribution in [0.2, 0.25) is 0 Å². The molecular formula is C13H17F2N. The van der Waals surface area contributed by atoms with Crippen molar-refractivity contribution in [3.63, 3.8) is 0 Å². The molecule has 2 unspecified atom stereocenters. The molecule has 2 atom stereocenters. The summed E-state index contributed by atoms with van der Waals surface area (Å²) >= 11 is 0. The molecule has 3 heteroatoms. The molecule has 0 heterocycles. The molecule has 1 N–H and O–H groups in total. The first-order valence-corrected chi connectivity index (χ1v) is 5.82. The smallest absolute Gasteiger partial charge is 0.159 e. The maximum atomic E-state index is 12.9. The summed E-state index contributed by atoms with van der Waals surface area (Å²) in [6.07, 6.45) is 3.63. The van der Waals surface area contributed by atoms with Crippen LogP contribution in [-0.4, -0.2) is 6.04 Å². The Morgan fingerprint density at radius 1 is 1.25 bits per heavy atom. The minimum atomic E-state index is -0.779. The average molecular weight is 225 g/mol. The number of hydrogen-bond acceptors (Lipinski definition) is 1. The molecule has 0 radical (unpaired) electrons. The lowest BCUT2D eigenvalue weighted by Crippen LogP contribution is -2.25. The Bertz CT molecular complexity index is 365. The topological polar surface area (TPSA) is 12.0 Å². The molecule has 1 aliphatic rings. The molecule has 0 bridgehead atoms. The molecule has 1 aromatic carbocycles. The Hall–Kier alpha value is -0.960. The molecule has 0 aliphatic heterocycles. The lowest BCUT2D eigenvalue weighted by Gasteiger charge is -2.12. The van der Waals surface area contributed by atoms with Gasteiger partial charge >= 0.3 is 0 Å². The van der Waals surface area contributed by atoms with E-state index < -0.39 is 11.6 Å². The fraction of sp³-hybridized carbons (Fsp3) is 0.538. The predicted octanol–water partition coefficient (Wildman–Crippen LogP) is 3.24. The van der Waals surface area contributed by atoms with Crippen LogP contribution in [0.3, 0.4) is 0 Å². The van der Waals surface area contributed by atoms with E-state index in [1.165, 1.54) is 31.4 Å². The summed E-state index contributed by atoms with van der Waals surface area (Å²) in [7, 11) is 0. The molecule has 16 heavy (non-hydrogen) atoms. The highest BCUT2D eigenvalue weighted by molar-refractivity contribution is 5.17. The molecule has 0 aromatic heterocycles. The third-order valence-electron chi connectivity index (χ3n) is 3.27. The van der Waals surface area contributed by atoms with Crippen molar-refractivity contribution >= 4 is 0 Å². The summed E-state index contributed by atoms with van der Waals surface area (Å²) in [5, 5.41) is 3.39. The monoisotopic (exact) mass is 225 g/mol. The van der Waals surface area contributed by atoms with Gasteiger partial charge in [0.15, 0.2) is 11.6 Å². The average Bonchev–Trinajstić information content (AvgIpc) is 2.66. The Balaban J connectivity index is 1.87. The third kappa shape index (κ3) is 2.79. The molecule has 1 aliphatic carbocycles. The standard InChI is InChI=1S/C13H17F2N/c1-9-2-4-11(6-9)16-8-10-3-5-12(14)13(15)7-10/h3,5,7,9,11,16H,2,4,6,8H2,1H3. The summed E-state index contributed by atoms with van der Waals surface area (Å²) < 4.78 is 25.6. The van der Waals surface area contributed by atoms with Crippen LogP contribution in [0.1, 0.15) is 31.7 Å². The first-order chi connectivity index (χ1) is 7.65. The second-order valence-electron chi connectivity index (χ2n) is 4.74. The van der Waals surface area contributed by atoms with Crippen molar-refractivity contribution in [3.8, 4) is 0 Å². The van der Waals surface area contributed by atoms with Gasteiger partial charge in [-0.3, -0.25) is 0 Å². The van der Waals surface area contributed by atoms with E-state index in [0.717, 1.165) is 11.5 Å². The van der Waals surface area contributed by atoms with E-state index in [0.29, 0.717) is 12.6 Å². The van der Waals surface area contributed by atoms with Crippen LogP contribution in [0.5, 0.6) is 0 Å². The van der Waals surface area contributed by atoms with E-state index in [4.69, 9.17) is 0 Å². The molecule has 1 nitrogen and oxygen atoms in total. The zero-order valence-corrected chi connectivity index (χ0v) is 9.47. The van der Waals surface area contributed by atoms with Crippen LogP contribution in [0, 0.1) is 17.6 Å². The van der Waals surface area contributed by atoms with Gasteiger partial charge < -0.3 is 5.32 Å². The highest BCUT2D eigenvalue weighted by Crippen LogP contribution is 2.24. The Labute approximate surface area is 94.9 Å². The zero-order valence-electron chi connectivity index (χ0n) is 9.47. The van der Waals surface area contributed by atoms with Crippen molar-refractivity contribution in [3.05, 3.63) is 35.4 Å². The minimum Gasteiger partial charge on any atom is -0.310 e. The SMILES string of the molecule is CC1CCC(NCc2ccc(F)c(F)c2)C1. The molecule has 2 rings (SSSR count). The number of hydrogen-bond donors (Lipinski definition) is 1. The summed E-state index contributed by atoms with van der Waals surface area (Å²) in [6, 6.07) is 4.61. The van der Waals surface area contributed by atoms with Gasteiger partial charge in [0.2, 0.25) is 0 Å². The summed E-state index contributed by atoms with van der Waals surface area (Å²) in [4.78, 5) is 0. The molecule has 0 saturated heterocycles. The molecule has 88 valence electrons. The predicted molar refractivity (Wildman–Crippen MR) is 60.0 cm³/mol. The van der Waals surface area contributed by atoms with E-state index in [9.17, 15) is 8.78 Å². The Kier molecular flexibility index (Phi) is 3.54. The Morgan fingerprint density at radius 3 is 2.69 bits per heavy atom. The van der Waals surface area contributed by atoms with Crippen molar-refractivity contribution < 1.29 is 8.78 Å². The Morgan fingerprint density at radius 2 is 2.06 bits per heavy atom. The normalized spacial score (nSPS) is 24.9. The maximum absolute atomic E-state index is 12.9. The van der Waals surface area contributed by atoms with Crippen molar-refractivity contribution in [2.24, 2.45) is 5.92 Å². The summed E-state index contributed by atoms with van der Waals surface area (Å²) in [5.41, 5.74) is 0.804. The van der Waals surface area contributed by atoms with Crippen LogP contribution in [0.4, 0.5) is 8.78 Å². The molecule has 1 saturated carbocycles. The van der Waals surface area contributed by atoms with E-state index in [1.807, 2.05) is 0 Å². The van der Waals surface area contributed by atoms with Gasteiger partial charge in [-0.2, -0.15) is 0 Å². The van der Waals surface area contributed by atoms with Crippen LogP contribution in [-0.2, 0) is 6.54 Å². The van der Waals surface area contributed by atoms with E-state index in [-0.39, 0.29) is 0 Å². The summed E-state index contributed by atoms with van der Waals surface area (Å²) in [6.45, 7) is 2.87. The largest absolute Gasteiger partial charge is 0.310 e. The van der Waals surface area contributed by atoms with Crippen LogP contribution >= 0.6 is 0 Å². The van der Waals surface area contributed by atoms with Crippen LogP contribution in [0.15, 0.2) is 18.2 Å². The van der Waals surface area contributed by atoms with Crippen molar-refractivity contribution in [2.75, 3.05) is 0 Å². The molecule has 0 spiro atoms. The van der Waals surface area contributed by atoms with E-state index in [2.05, 4.69) is 12.2 Å². The minimum absolute atomic E-state index is 0.531.